The van der Waals surface area contributed by atoms with Crippen molar-refractivity contribution < 1.29 is 0 Å². The van der Waals surface area contributed by atoms with Crippen molar-refractivity contribution in [2.24, 2.45) is 5.41 Å². The first kappa shape index (κ1) is 14.1. The van der Waals surface area contributed by atoms with Crippen LogP contribution in [0.4, 0.5) is 11.8 Å². The summed E-state index contributed by atoms with van der Waals surface area (Å²) in [7, 11) is 2.01. The van der Waals surface area contributed by atoms with Crippen LogP contribution in [0.25, 0.3) is 0 Å². The fraction of sp³-hybridized carbons (Fsp3) is 0.714. The molecule has 3 N–H and O–H groups in total. The van der Waals surface area contributed by atoms with E-state index >= 15 is 0 Å². The van der Waals surface area contributed by atoms with Crippen molar-refractivity contribution in [3.8, 4) is 0 Å². The van der Waals surface area contributed by atoms with Crippen LogP contribution in [0, 0.1) is 5.41 Å². The van der Waals surface area contributed by atoms with Gasteiger partial charge in [0.05, 0.1) is 0 Å². The SMILES string of the molecule is CN[C@@H]1CCN(c2cc(CC(C)(C)C)nc(N)n2)C1. The number of nitrogens with two attached hydrogens (primary N) is 1. The summed E-state index contributed by atoms with van der Waals surface area (Å²) in [6, 6.07) is 2.63. The summed E-state index contributed by atoms with van der Waals surface area (Å²) in [4.78, 5) is 11.0. The topological polar surface area (TPSA) is 67.1 Å². The lowest BCUT2D eigenvalue weighted by molar-refractivity contribution is 0.406. The molecule has 0 aromatic carbocycles. The van der Waals surface area contributed by atoms with Crippen LogP contribution in [0.15, 0.2) is 6.07 Å². The van der Waals surface area contributed by atoms with Crippen molar-refractivity contribution in [3.05, 3.63) is 11.8 Å². The van der Waals surface area contributed by atoms with Crippen LogP contribution in [0.1, 0.15) is 32.9 Å². The van der Waals surface area contributed by atoms with Crippen LogP contribution in [-0.4, -0.2) is 36.1 Å². The number of nitrogens with one attached hydrogen (secondary N) is 1. The molecule has 1 fully saturated rings. The van der Waals surface area contributed by atoms with E-state index in [0.29, 0.717) is 12.0 Å². The van der Waals surface area contributed by atoms with Crippen molar-refractivity contribution in [2.75, 3.05) is 30.8 Å². The van der Waals surface area contributed by atoms with E-state index in [4.69, 9.17) is 5.73 Å². The van der Waals surface area contributed by atoms with Crippen LogP contribution < -0.4 is 16.0 Å². The highest BCUT2D eigenvalue weighted by atomic mass is 15.2. The van der Waals surface area contributed by atoms with Gasteiger partial charge in [-0.15, -0.1) is 0 Å². The van der Waals surface area contributed by atoms with Gasteiger partial charge in [0.25, 0.3) is 0 Å². The number of nitrogen functional groups attached to an aromatic ring is 1. The third-order valence-corrected chi connectivity index (χ3v) is 3.41. The molecule has 19 heavy (non-hydrogen) atoms. The molecule has 5 heteroatoms. The Morgan fingerprint density at radius 2 is 2.16 bits per heavy atom. The van der Waals surface area contributed by atoms with Crippen molar-refractivity contribution in [2.45, 2.75) is 39.7 Å². The summed E-state index contributed by atoms with van der Waals surface area (Å²) in [6.45, 7) is 8.63. The van der Waals surface area contributed by atoms with Gasteiger partial charge in [0.15, 0.2) is 0 Å². The second-order valence-electron chi connectivity index (χ2n) is 6.53. The summed E-state index contributed by atoms with van der Waals surface area (Å²) < 4.78 is 0. The van der Waals surface area contributed by atoms with Crippen molar-refractivity contribution in [1.82, 2.24) is 15.3 Å². The molecule has 5 nitrogen and oxygen atoms in total. The van der Waals surface area contributed by atoms with Crippen molar-refractivity contribution >= 4 is 11.8 Å². The molecule has 106 valence electrons. The second kappa shape index (κ2) is 5.33. The summed E-state index contributed by atoms with van der Waals surface area (Å²) in [5.41, 5.74) is 7.08. The lowest BCUT2D eigenvalue weighted by atomic mass is 9.90. The first-order chi connectivity index (χ1) is 8.87. The van der Waals surface area contributed by atoms with Gasteiger partial charge >= 0.3 is 0 Å². The molecule has 0 radical (unpaired) electrons. The Morgan fingerprint density at radius 1 is 1.42 bits per heavy atom. The molecule has 1 aliphatic rings. The molecular weight excluding hydrogens is 238 g/mol. The van der Waals surface area contributed by atoms with Gasteiger partial charge in [-0.3, -0.25) is 0 Å². The Kier molecular flexibility index (Phi) is 3.94. The van der Waals surface area contributed by atoms with Gasteiger partial charge in [0, 0.05) is 30.9 Å². The minimum Gasteiger partial charge on any atom is -0.368 e. The monoisotopic (exact) mass is 263 g/mol. The van der Waals surface area contributed by atoms with Gasteiger partial charge in [0.2, 0.25) is 5.95 Å². The molecule has 1 aromatic rings. The highest BCUT2D eigenvalue weighted by Crippen LogP contribution is 2.24. The molecule has 1 atom stereocenters. The summed E-state index contributed by atoms with van der Waals surface area (Å²) in [5, 5.41) is 3.31. The third kappa shape index (κ3) is 3.80. The average molecular weight is 263 g/mol. The molecule has 2 rings (SSSR count). The number of nitrogens with zero attached hydrogens (tertiary/aromatic N) is 3. The van der Waals surface area contributed by atoms with Gasteiger partial charge in [-0.2, -0.15) is 4.98 Å². The van der Waals surface area contributed by atoms with Crippen LogP contribution in [0.3, 0.4) is 0 Å². The predicted molar refractivity (Wildman–Crippen MR) is 79.3 cm³/mol. The van der Waals surface area contributed by atoms with Crippen LogP contribution >= 0.6 is 0 Å². The van der Waals surface area contributed by atoms with Crippen LogP contribution in [-0.2, 0) is 6.42 Å². The van der Waals surface area contributed by atoms with Gasteiger partial charge in [-0.25, -0.2) is 4.98 Å². The smallest absolute Gasteiger partial charge is 0.222 e. The lowest BCUT2D eigenvalue weighted by Gasteiger charge is -2.21. The van der Waals surface area contributed by atoms with E-state index in [2.05, 4.69) is 47.0 Å². The quantitative estimate of drug-likeness (QED) is 0.864. The minimum absolute atomic E-state index is 0.205. The maximum Gasteiger partial charge on any atom is 0.222 e. The molecule has 0 unspecified atom stereocenters. The van der Waals surface area contributed by atoms with Gasteiger partial charge in [-0.1, -0.05) is 20.8 Å². The number of likely N-dealkylation sites (N-methyl/N-ethyl adjacent to an activating group) is 1. The first-order valence-corrected chi connectivity index (χ1v) is 6.93. The van der Waals surface area contributed by atoms with Crippen LogP contribution in [0.5, 0.6) is 0 Å². The maximum atomic E-state index is 5.85. The number of anilines is 2. The Hall–Kier alpha value is -1.36. The summed E-state index contributed by atoms with van der Waals surface area (Å²) in [5.74, 6) is 1.34. The second-order valence-corrected chi connectivity index (χ2v) is 6.53. The number of rotatable bonds is 3. The van der Waals surface area contributed by atoms with E-state index in [1.807, 2.05) is 7.05 Å². The molecule has 1 saturated heterocycles. The molecule has 0 spiro atoms. The van der Waals surface area contributed by atoms with E-state index < -0.39 is 0 Å². The number of aromatic nitrogens is 2. The van der Waals surface area contributed by atoms with Gasteiger partial charge in [0.1, 0.15) is 5.82 Å². The summed E-state index contributed by atoms with van der Waals surface area (Å²) >= 11 is 0. The van der Waals surface area contributed by atoms with Crippen molar-refractivity contribution in [3.63, 3.8) is 0 Å². The highest BCUT2D eigenvalue weighted by molar-refractivity contribution is 5.45. The Labute approximate surface area is 115 Å². The Balaban J connectivity index is 2.17. The zero-order valence-corrected chi connectivity index (χ0v) is 12.4. The van der Waals surface area contributed by atoms with E-state index in [9.17, 15) is 0 Å². The predicted octanol–water partition coefficient (Wildman–Crippen LogP) is 1.45. The molecule has 1 aromatic heterocycles. The van der Waals surface area contributed by atoms with Crippen LogP contribution in [0.2, 0.25) is 0 Å². The van der Waals surface area contributed by atoms with E-state index in [1.165, 1.54) is 0 Å². The molecular formula is C14H25N5. The average Bonchev–Trinajstić information content (AvgIpc) is 2.74. The number of hydrogen-bond donors (Lipinski definition) is 2. The van der Waals surface area contributed by atoms with Gasteiger partial charge in [-0.05, 0) is 25.3 Å². The fourth-order valence-electron chi connectivity index (χ4n) is 2.50. The normalized spacial score (nSPS) is 20.0. The largest absolute Gasteiger partial charge is 0.368 e. The lowest BCUT2D eigenvalue weighted by Crippen LogP contribution is -2.30. The zero-order chi connectivity index (χ0) is 14.0. The minimum atomic E-state index is 0.205. The van der Waals surface area contributed by atoms with E-state index in [1.54, 1.807) is 0 Å². The summed E-state index contributed by atoms with van der Waals surface area (Å²) in [6.07, 6.45) is 2.06. The molecule has 0 aliphatic carbocycles. The Bertz CT molecular complexity index is 438. The molecule has 0 saturated carbocycles. The Morgan fingerprint density at radius 3 is 2.74 bits per heavy atom. The number of hydrogen-bond acceptors (Lipinski definition) is 5. The highest BCUT2D eigenvalue weighted by Gasteiger charge is 2.23. The molecule has 2 heterocycles. The fourth-order valence-corrected chi connectivity index (χ4v) is 2.50. The van der Waals surface area contributed by atoms with Crippen molar-refractivity contribution in [1.29, 1.82) is 0 Å². The zero-order valence-electron chi connectivity index (χ0n) is 12.4. The standard InChI is InChI=1S/C14H25N5/c1-14(2,3)8-11-7-12(18-13(15)17-11)19-6-5-10(9-19)16-4/h7,10,16H,5-6,8-9H2,1-4H3,(H2,15,17,18)/t10-/m1/s1. The third-order valence-electron chi connectivity index (χ3n) is 3.41. The molecule has 0 bridgehead atoms. The van der Waals surface area contributed by atoms with E-state index in [-0.39, 0.29) is 5.41 Å². The molecule has 0 amide bonds. The molecule has 1 aliphatic heterocycles. The first-order valence-electron chi connectivity index (χ1n) is 6.93. The van der Waals surface area contributed by atoms with Gasteiger partial charge < -0.3 is 16.0 Å². The maximum absolute atomic E-state index is 5.85. The van der Waals surface area contributed by atoms with E-state index in [0.717, 1.165) is 37.4 Å².